The molecule has 3 rings (SSSR count). The molecule has 0 atom stereocenters. The van der Waals surface area contributed by atoms with Crippen LogP contribution in [0.3, 0.4) is 0 Å². The van der Waals surface area contributed by atoms with Crippen molar-refractivity contribution in [3.05, 3.63) is 53.5 Å². The van der Waals surface area contributed by atoms with E-state index in [2.05, 4.69) is 14.9 Å². The Morgan fingerprint density at radius 1 is 1.04 bits per heavy atom. The number of hydrogen-bond acceptors (Lipinski definition) is 4. The Morgan fingerprint density at radius 2 is 1.78 bits per heavy atom. The summed E-state index contributed by atoms with van der Waals surface area (Å²) in [4.78, 5) is 24.4. The number of aryl methyl sites for hydroxylation is 1. The third-order valence-corrected chi connectivity index (χ3v) is 3.85. The molecule has 0 saturated carbocycles. The zero-order valence-electron chi connectivity index (χ0n) is 12.7. The summed E-state index contributed by atoms with van der Waals surface area (Å²) in [7, 11) is 0. The van der Waals surface area contributed by atoms with Crippen molar-refractivity contribution < 1.29 is 13.6 Å². The lowest BCUT2D eigenvalue weighted by atomic mass is 10.1. The molecule has 0 radical (unpaired) electrons. The molecular weight excluding hydrogens is 302 g/mol. The summed E-state index contributed by atoms with van der Waals surface area (Å²) < 4.78 is 26.2. The van der Waals surface area contributed by atoms with E-state index in [1.54, 1.807) is 4.90 Å². The van der Waals surface area contributed by atoms with Crippen molar-refractivity contribution in [1.82, 2.24) is 14.9 Å². The van der Waals surface area contributed by atoms with E-state index in [9.17, 15) is 13.6 Å². The van der Waals surface area contributed by atoms with Crippen LogP contribution in [0, 0.1) is 18.6 Å². The third-order valence-electron chi connectivity index (χ3n) is 3.85. The van der Waals surface area contributed by atoms with Crippen LogP contribution in [0.4, 0.5) is 14.6 Å². The molecule has 1 amide bonds. The van der Waals surface area contributed by atoms with Crippen LogP contribution in [0.2, 0.25) is 0 Å². The SMILES string of the molecule is Cc1cc(N2CCN(C(=O)c3ccc(F)c(F)c3)CC2)ncn1. The molecule has 1 aliphatic rings. The Hall–Kier alpha value is -2.57. The summed E-state index contributed by atoms with van der Waals surface area (Å²) in [5, 5.41) is 0. The van der Waals surface area contributed by atoms with Gasteiger partial charge in [0.05, 0.1) is 0 Å². The van der Waals surface area contributed by atoms with Crippen molar-refractivity contribution >= 4 is 11.7 Å². The largest absolute Gasteiger partial charge is 0.353 e. The maximum Gasteiger partial charge on any atom is 0.254 e. The molecule has 0 N–H and O–H groups in total. The van der Waals surface area contributed by atoms with Gasteiger partial charge < -0.3 is 9.80 Å². The van der Waals surface area contributed by atoms with Crippen LogP contribution in [0.1, 0.15) is 16.1 Å². The van der Waals surface area contributed by atoms with Gasteiger partial charge in [-0.2, -0.15) is 0 Å². The molecule has 0 unspecified atom stereocenters. The standard InChI is InChI=1S/C16H16F2N4O/c1-11-8-15(20-10-19-11)21-4-6-22(7-5-21)16(23)12-2-3-13(17)14(18)9-12/h2-3,8-10H,4-7H2,1H3. The highest BCUT2D eigenvalue weighted by atomic mass is 19.2. The van der Waals surface area contributed by atoms with Crippen LogP contribution in [0.15, 0.2) is 30.6 Å². The first-order valence-electron chi connectivity index (χ1n) is 7.32. The number of amides is 1. The molecule has 0 aliphatic carbocycles. The Bertz CT molecular complexity index is 730. The van der Waals surface area contributed by atoms with Crippen LogP contribution < -0.4 is 4.90 Å². The van der Waals surface area contributed by atoms with Crippen molar-refractivity contribution in [2.45, 2.75) is 6.92 Å². The van der Waals surface area contributed by atoms with E-state index in [0.29, 0.717) is 26.2 Å². The molecule has 1 fully saturated rings. The molecule has 120 valence electrons. The molecule has 0 bridgehead atoms. The molecule has 1 aromatic heterocycles. The summed E-state index contributed by atoms with van der Waals surface area (Å²) in [6.07, 6.45) is 1.52. The Balaban J connectivity index is 1.66. The normalized spacial score (nSPS) is 14.9. The van der Waals surface area contributed by atoms with E-state index in [-0.39, 0.29) is 11.5 Å². The average molecular weight is 318 g/mol. The molecule has 5 nitrogen and oxygen atoms in total. The van der Waals surface area contributed by atoms with E-state index in [4.69, 9.17) is 0 Å². The van der Waals surface area contributed by atoms with Gasteiger partial charge in [-0.25, -0.2) is 18.7 Å². The molecule has 0 spiro atoms. The molecule has 1 aromatic carbocycles. The van der Waals surface area contributed by atoms with Crippen molar-refractivity contribution in [3.63, 3.8) is 0 Å². The second-order valence-electron chi connectivity index (χ2n) is 5.43. The average Bonchev–Trinajstić information content (AvgIpc) is 2.57. The lowest BCUT2D eigenvalue weighted by Gasteiger charge is -2.35. The number of carbonyl (C=O) groups excluding carboxylic acids is 1. The lowest BCUT2D eigenvalue weighted by Crippen LogP contribution is -2.49. The number of nitrogens with zero attached hydrogens (tertiary/aromatic N) is 4. The van der Waals surface area contributed by atoms with Gasteiger partial charge in [-0.1, -0.05) is 0 Å². The summed E-state index contributed by atoms with van der Waals surface area (Å²) in [5.74, 6) is -1.42. The highest BCUT2D eigenvalue weighted by molar-refractivity contribution is 5.94. The predicted molar refractivity (Wildman–Crippen MR) is 81.2 cm³/mol. The van der Waals surface area contributed by atoms with E-state index in [1.807, 2.05) is 13.0 Å². The highest BCUT2D eigenvalue weighted by Gasteiger charge is 2.23. The first kappa shape index (κ1) is 15.3. The number of carbonyl (C=O) groups is 1. The topological polar surface area (TPSA) is 49.3 Å². The van der Waals surface area contributed by atoms with Gasteiger partial charge in [-0.05, 0) is 25.1 Å². The van der Waals surface area contributed by atoms with Crippen molar-refractivity contribution in [1.29, 1.82) is 0 Å². The summed E-state index contributed by atoms with van der Waals surface area (Å²) >= 11 is 0. The predicted octanol–water partition coefficient (Wildman–Crippen LogP) is 2.03. The quantitative estimate of drug-likeness (QED) is 0.850. The molecule has 1 aliphatic heterocycles. The molecule has 2 heterocycles. The molecule has 2 aromatic rings. The van der Waals surface area contributed by atoms with Gasteiger partial charge in [0.1, 0.15) is 12.1 Å². The van der Waals surface area contributed by atoms with Crippen molar-refractivity contribution in [2.24, 2.45) is 0 Å². The van der Waals surface area contributed by atoms with Gasteiger partial charge in [0.2, 0.25) is 0 Å². The van der Waals surface area contributed by atoms with Crippen LogP contribution in [-0.4, -0.2) is 47.0 Å². The van der Waals surface area contributed by atoms with Gasteiger partial charge in [0.25, 0.3) is 5.91 Å². The second kappa shape index (κ2) is 6.28. The zero-order valence-corrected chi connectivity index (χ0v) is 12.7. The molecule has 7 heteroatoms. The number of piperazine rings is 1. The maximum atomic E-state index is 13.3. The summed E-state index contributed by atoms with van der Waals surface area (Å²) in [6, 6.07) is 5.12. The minimum absolute atomic E-state index is 0.162. The fourth-order valence-electron chi connectivity index (χ4n) is 2.56. The number of halogens is 2. The lowest BCUT2D eigenvalue weighted by molar-refractivity contribution is 0.0746. The van der Waals surface area contributed by atoms with Gasteiger partial charge in [-0.3, -0.25) is 4.79 Å². The van der Waals surface area contributed by atoms with Gasteiger partial charge in [-0.15, -0.1) is 0 Å². The van der Waals surface area contributed by atoms with Gasteiger partial charge in [0.15, 0.2) is 11.6 Å². The third kappa shape index (κ3) is 3.28. The highest BCUT2D eigenvalue weighted by Crippen LogP contribution is 2.16. The number of rotatable bonds is 2. The minimum atomic E-state index is -1.01. The van der Waals surface area contributed by atoms with E-state index in [0.717, 1.165) is 23.6 Å². The summed E-state index contributed by atoms with van der Waals surface area (Å²) in [6.45, 7) is 4.16. The van der Waals surface area contributed by atoms with Crippen LogP contribution >= 0.6 is 0 Å². The number of hydrogen-bond donors (Lipinski definition) is 0. The number of anilines is 1. The second-order valence-corrected chi connectivity index (χ2v) is 5.43. The number of benzene rings is 1. The van der Waals surface area contributed by atoms with Crippen molar-refractivity contribution in [3.8, 4) is 0 Å². The van der Waals surface area contributed by atoms with Crippen molar-refractivity contribution in [2.75, 3.05) is 31.1 Å². The smallest absolute Gasteiger partial charge is 0.254 e. The van der Waals surface area contributed by atoms with Crippen LogP contribution in [0.5, 0.6) is 0 Å². The van der Waals surface area contributed by atoms with Gasteiger partial charge >= 0.3 is 0 Å². The molecular formula is C16H16F2N4O. The fourth-order valence-corrected chi connectivity index (χ4v) is 2.56. The number of aromatic nitrogens is 2. The van der Waals surface area contributed by atoms with Crippen LogP contribution in [0.25, 0.3) is 0 Å². The van der Waals surface area contributed by atoms with Gasteiger partial charge in [0, 0.05) is 43.5 Å². The first-order valence-corrected chi connectivity index (χ1v) is 7.32. The van der Waals surface area contributed by atoms with E-state index in [1.165, 1.54) is 12.4 Å². The van der Waals surface area contributed by atoms with E-state index >= 15 is 0 Å². The Labute approximate surface area is 132 Å². The molecule has 23 heavy (non-hydrogen) atoms. The monoisotopic (exact) mass is 318 g/mol. The maximum absolute atomic E-state index is 13.3. The first-order chi connectivity index (χ1) is 11.0. The molecule has 1 saturated heterocycles. The van der Waals surface area contributed by atoms with E-state index < -0.39 is 11.6 Å². The Kier molecular flexibility index (Phi) is 4.18. The minimum Gasteiger partial charge on any atom is -0.353 e. The fraction of sp³-hybridized carbons (Fsp3) is 0.312. The Morgan fingerprint density at radius 3 is 2.43 bits per heavy atom. The summed E-state index contributed by atoms with van der Waals surface area (Å²) in [5.41, 5.74) is 1.05. The van der Waals surface area contributed by atoms with Crippen LogP contribution in [-0.2, 0) is 0 Å². The zero-order chi connectivity index (χ0) is 16.4.